The summed E-state index contributed by atoms with van der Waals surface area (Å²) >= 11 is 0. The summed E-state index contributed by atoms with van der Waals surface area (Å²) in [5.74, 6) is -0.980. The maximum Gasteiger partial charge on any atom is 2.00 e. The van der Waals surface area contributed by atoms with Gasteiger partial charge in [-0.3, -0.25) is 12.2 Å². The van der Waals surface area contributed by atoms with Gasteiger partial charge in [-0.2, -0.15) is 38.0 Å². The molecule has 0 heterocycles. The summed E-state index contributed by atoms with van der Waals surface area (Å²) in [5.41, 5.74) is 2.10. The van der Waals surface area contributed by atoms with Crippen molar-refractivity contribution in [3.8, 4) is 11.5 Å². The van der Waals surface area contributed by atoms with E-state index < -0.39 is 35.0 Å². The Labute approximate surface area is 243 Å². The van der Waals surface area contributed by atoms with Crippen molar-refractivity contribution in [3.63, 3.8) is 0 Å². The summed E-state index contributed by atoms with van der Waals surface area (Å²) in [4.78, 5) is 0. The van der Waals surface area contributed by atoms with E-state index in [0.717, 1.165) is 30.7 Å². The summed E-state index contributed by atoms with van der Waals surface area (Å²) in [6.45, 7) is 4.32. The number of aromatic hydroxyl groups is 2. The molecule has 0 saturated heterocycles. The molecule has 0 saturated carbocycles. The van der Waals surface area contributed by atoms with Crippen molar-refractivity contribution in [1.29, 1.82) is 0 Å². The Morgan fingerprint density at radius 3 is 1.54 bits per heavy atom. The van der Waals surface area contributed by atoms with Gasteiger partial charge in [0.15, 0.2) is 0 Å². The molecule has 0 bridgehead atoms. The fourth-order valence-electron chi connectivity index (χ4n) is 3.46. The van der Waals surface area contributed by atoms with Crippen LogP contribution in [0.2, 0.25) is 0 Å². The second kappa shape index (κ2) is 15.5. The van der Waals surface area contributed by atoms with Crippen LogP contribution in [0.25, 0.3) is 5.57 Å². The minimum atomic E-state index is -4.47. The molecule has 3 aromatic carbocycles. The van der Waals surface area contributed by atoms with E-state index >= 15 is 0 Å². The van der Waals surface area contributed by atoms with Crippen molar-refractivity contribution in [1.82, 2.24) is 0 Å². The first-order chi connectivity index (χ1) is 17.8. The first-order valence-corrected chi connectivity index (χ1v) is 11.4. The van der Waals surface area contributed by atoms with Gasteiger partial charge in [0.25, 0.3) is 0 Å². The van der Waals surface area contributed by atoms with Gasteiger partial charge in [0.1, 0.15) is 11.5 Å². The molecule has 39 heavy (non-hydrogen) atoms. The van der Waals surface area contributed by atoms with E-state index in [1.54, 1.807) is 0 Å². The molecule has 2 aliphatic carbocycles. The molecule has 204 valence electrons. The Balaban J connectivity index is 0.000000265. The fourth-order valence-corrected chi connectivity index (χ4v) is 3.46. The molecule has 2 aliphatic rings. The third-order valence-electron chi connectivity index (χ3n) is 5.27. The van der Waals surface area contributed by atoms with Crippen LogP contribution in [0.4, 0.5) is 26.3 Å². The van der Waals surface area contributed by atoms with Crippen LogP contribution in [0.15, 0.2) is 91.0 Å². The smallest absolute Gasteiger partial charge is 0.507 e. The predicted molar refractivity (Wildman–Crippen MR) is 135 cm³/mol. The number of para-hydroxylation sites is 2. The van der Waals surface area contributed by atoms with E-state index in [4.69, 9.17) is 10.2 Å². The van der Waals surface area contributed by atoms with Gasteiger partial charge in [0.2, 0.25) is 0 Å². The van der Waals surface area contributed by atoms with Crippen molar-refractivity contribution in [2.75, 3.05) is 0 Å². The number of fused-ring (bicyclic) bond motifs is 1. The normalized spacial score (nSPS) is 14.8. The number of alkyl halides is 6. The molecule has 1 unspecified atom stereocenters. The van der Waals surface area contributed by atoms with Crippen LogP contribution in [0.1, 0.15) is 48.4 Å². The van der Waals surface area contributed by atoms with E-state index in [9.17, 15) is 26.3 Å². The Hall–Kier alpha value is -3.06. The summed E-state index contributed by atoms with van der Waals surface area (Å²) in [5, 5.41) is 17.5. The van der Waals surface area contributed by atoms with Crippen LogP contribution in [0.3, 0.4) is 0 Å². The molecule has 0 spiro atoms. The number of phenols is 2. The molecular formula is C30H26F6O2Zr. The number of halogens is 6. The van der Waals surface area contributed by atoms with E-state index in [1.165, 1.54) is 41.0 Å². The average molecular weight is 624 g/mol. The van der Waals surface area contributed by atoms with Crippen LogP contribution in [-0.2, 0) is 38.6 Å². The van der Waals surface area contributed by atoms with Crippen LogP contribution in [0.5, 0.6) is 11.5 Å². The van der Waals surface area contributed by atoms with Gasteiger partial charge < -0.3 is 10.2 Å². The largest absolute Gasteiger partial charge is 2.00 e. The van der Waals surface area contributed by atoms with Crippen molar-refractivity contribution < 1.29 is 62.8 Å². The standard InChI is InChI=1S/C11H11.2C7H5F3O.C5H5.Zr/c1-8-7-9(2)11-6-4-3-5-10(8)11;2*8-7(9,10)5-3-1-2-4-6(5)11;1-2-4-5-3-1;/h3-6,8H,1-2H3;2*1-4,11H;1-3H,4H2;/q-1;;;-1;+2. The van der Waals surface area contributed by atoms with E-state index in [1.807, 2.05) is 12.2 Å². The maximum atomic E-state index is 11.9. The summed E-state index contributed by atoms with van der Waals surface area (Å²) < 4.78 is 71.3. The van der Waals surface area contributed by atoms with Crippen molar-refractivity contribution in [3.05, 3.63) is 125 Å². The molecule has 0 amide bonds. The number of hydrogen-bond donors (Lipinski definition) is 2. The van der Waals surface area contributed by atoms with Gasteiger partial charge in [-0.1, -0.05) is 62.2 Å². The Morgan fingerprint density at radius 2 is 1.21 bits per heavy atom. The maximum absolute atomic E-state index is 11.9. The average Bonchev–Trinajstić information content (AvgIpc) is 3.52. The van der Waals surface area contributed by atoms with E-state index in [0.29, 0.717) is 5.92 Å². The Morgan fingerprint density at radius 1 is 0.744 bits per heavy atom. The number of benzene rings is 3. The minimum Gasteiger partial charge on any atom is -0.507 e. The molecule has 9 heteroatoms. The number of allylic oxidation sites excluding steroid dienone is 6. The molecule has 0 radical (unpaired) electrons. The molecule has 5 rings (SSSR count). The molecule has 0 fully saturated rings. The fraction of sp³-hybridized carbons (Fsp3) is 0.200. The van der Waals surface area contributed by atoms with Crippen molar-refractivity contribution in [2.45, 2.75) is 38.5 Å². The zero-order valence-electron chi connectivity index (χ0n) is 21.1. The monoisotopic (exact) mass is 622 g/mol. The van der Waals surface area contributed by atoms with Crippen LogP contribution in [0, 0.1) is 12.2 Å². The van der Waals surface area contributed by atoms with Crippen LogP contribution >= 0.6 is 0 Å². The number of hydrogen-bond acceptors (Lipinski definition) is 2. The quantitative estimate of drug-likeness (QED) is 0.194. The zero-order valence-corrected chi connectivity index (χ0v) is 23.6. The molecule has 0 aliphatic heterocycles. The van der Waals surface area contributed by atoms with Gasteiger partial charge in [0.05, 0.1) is 11.1 Å². The first-order valence-electron chi connectivity index (χ1n) is 11.4. The second-order valence-corrected chi connectivity index (χ2v) is 8.11. The molecule has 3 aromatic rings. The molecule has 2 nitrogen and oxygen atoms in total. The Kier molecular flexibility index (Phi) is 13.5. The topological polar surface area (TPSA) is 40.5 Å². The second-order valence-electron chi connectivity index (χ2n) is 8.11. The van der Waals surface area contributed by atoms with Crippen LogP contribution in [-0.4, -0.2) is 10.2 Å². The first kappa shape index (κ1) is 34.0. The van der Waals surface area contributed by atoms with Gasteiger partial charge >= 0.3 is 38.6 Å². The molecule has 0 aromatic heterocycles. The van der Waals surface area contributed by atoms with Crippen molar-refractivity contribution >= 4 is 5.57 Å². The van der Waals surface area contributed by atoms with Crippen molar-refractivity contribution in [2.24, 2.45) is 0 Å². The molecule has 1 atom stereocenters. The van der Waals surface area contributed by atoms with E-state index in [2.05, 4.69) is 56.3 Å². The third kappa shape index (κ3) is 10.9. The van der Waals surface area contributed by atoms with E-state index in [-0.39, 0.29) is 26.2 Å². The van der Waals surface area contributed by atoms with Gasteiger partial charge in [-0.05, 0) is 24.3 Å². The minimum absolute atomic E-state index is 0. The van der Waals surface area contributed by atoms with Gasteiger partial charge in [-0.25, -0.2) is 17.7 Å². The Bertz CT molecular complexity index is 1210. The zero-order chi connectivity index (χ0) is 28.3. The SMILES string of the molecule is CC1=[C-]C(C)c2ccccc21.Oc1ccccc1C(F)(F)F.Oc1ccccc1C(F)(F)F.[C-]1=CC=CC1.[Zr+2]. The summed E-state index contributed by atoms with van der Waals surface area (Å²) in [7, 11) is 0. The van der Waals surface area contributed by atoms with Gasteiger partial charge in [-0.15, -0.1) is 18.1 Å². The number of rotatable bonds is 0. The summed E-state index contributed by atoms with van der Waals surface area (Å²) in [6.07, 6.45) is 4.46. The molecule has 2 N–H and O–H groups in total. The number of phenolic OH excluding ortho intramolecular Hbond substituents is 2. The predicted octanol–water partition coefficient (Wildman–Crippen LogP) is 9.14. The third-order valence-corrected chi connectivity index (χ3v) is 5.27. The molecular weight excluding hydrogens is 598 g/mol. The van der Waals surface area contributed by atoms with Gasteiger partial charge in [0, 0.05) is 0 Å². The van der Waals surface area contributed by atoms with Crippen LogP contribution < -0.4 is 0 Å². The summed E-state index contributed by atoms with van der Waals surface area (Å²) in [6, 6.07) is 17.3.